The van der Waals surface area contributed by atoms with E-state index in [0.717, 1.165) is 5.56 Å². The molecule has 0 saturated carbocycles. The number of sulfonamides is 1. The van der Waals surface area contributed by atoms with Crippen LogP contribution < -0.4 is 10.0 Å². The van der Waals surface area contributed by atoms with Gasteiger partial charge in [0.05, 0.1) is 5.02 Å². The number of benzene rings is 2. The molecule has 0 aliphatic carbocycles. The average molecular weight is 445 g/mol. The first-order valence-electron chi connectivity index (χ1n) is 8.61. The summed E-state index contributed by atoms with van der Waals surface area (Å²) in [6.07, 6.45) is 0.807. The van der Waals surface area contributed by atoms with Crippen molar-refractivity contribution in [1.29, 1.82) is 0 Å². The van der Waals surface area contributed by atoms with Gasteiger partial charge in [0, 0.05) is 25.3 Å². The zero-order valence-corrected chi connectivity index (χ0v) is 17.7. The van der Waals surface area contributed by atoms with Gasteiger partial charge in [-0.3, -0.25) is 4.79 Å². The van der Waals surface area contributed by atoms with Crippen molar-refractivity contribution in [2.45, 2.75) is 23.8 Å². The van der Waals surface area contributed by atoms with Gasteiger partial charge >= 0.3 is 0 Å². The quantitative estimate of drug-likeness (QED) is 0.551. The van der Waals surface area contributed by atoms with Crippen molar-refractivity contribution in [3.05, 3.63) is 64.1 Å². The summed E-state index contributed by atoms with van der Waals surface area (Å²) in [4.78, 5) is 12.5. The molecule has 0 unspecified atom stereocenters. The molecule has 2 N–H and O–H groups in total. The molecule has 152 valence electrons. The van der Waals surface area contributed by atoms with Crippen LogP contribution >= 0.6 is 23.2 Å². The lowest BCUT2D eigenvalue weighted by Gasteiger charge is -2.19. The highest BCUT2D eigenvalue weighted by atomic mass is 35.5. The van der Waals surface area contributed by atoms with Crippen LogP contribution in [0.15, 0.2) is 53.4 Å². The van der Waals surface area contributed by atoms with Gasteiger partial charge in [0.2, 0.25) is 15.9 Å². The lowest BCUT2D eigenvalue weighted by atomic mass is 10.1. The molecule has 6 nitrogen and oxygen atoms in total. The standard InChI is InChI=1S/C19H22Cl2N2O4S/c1-27-11-5-10-22-19(24)17(12-14-6-3-2-4-7-14)23-28(25,26)18-13-15(20)8-9-16(18)21/h2-4,6-9,13,17,23H,5,10-12H2,1H3,(H,22,24)/t17-/m1/s1. The third-order valence-corrected chi connectivity index (χ3v) is 6.09. The van der Waals surface area contributed by atoms with E-state index >= 15 is 0 Å². The van der Waals surface area contributed by atoms with E-state index in [-0.39, 0.29) is 21.4 Å². The number of amides is 1. The minimum Gasteiger partial charge on any atom is -0.385 e. The number of carbonyl (C=O) groups is 1. The van der Waals surface area contributed by atoms with E-state index in [2.05, 4.69) is 10.0 Å². The number of methoxy groups -OCH3 is 1. The van der Waals surface area contributed by atoms with Gasteiger partial charge in [-0.25, -0.2) is 8.42 Å². The Hall–Kier alpha value is -1.64. The first-order chi connectivity index (χ1) is 13.3. The van der Waals surface area contributed by atoms with E-state index in [4.69, 9.17) is 27.9 Å². The highest BCUT2D eigenvalue weighted by Crippen LogP contribution is 2.25. The number of nitrogens with one attached hydrogen (secondary N) is 2. The number of rotatable bonds is 10. The van der Waals surface area contributed by atoms with Crippen LogP contribution in [0.2, 0.25) is 10.0 Å². The van der Waals surface area contributed by atoms with Crippen LogP contribution in [-0.4, -0.2) is 40.6 Å². The summed E-state index contributed by atoms with van der Waals surface area (Å²) in [6, 6.07) is 12.3. The summed E-state index contributed by atoms with van der Waals surface area (Å²) in [5.74, 6) is -0.429. The SMILES string of the molecule is COCCCNC(=O)[C@@H](Cc1ccccc1)NS(=O)(=O)c1cc(Cl)ccc1Cl. The Kier molecular flexibility index (Phi) is 8.72. The van der Waals surface area contributed by atoms with Crippen molar-refractivity contribution in [2.24, 2.45) is 0 Å². The fourth-order valence-electron chi connectivity index (χ4n) is 2.52. The summed E-state index contributed by atoms with van der Waals surface area (Å²) in [5, 5.41) is 2.99. The molecular formula is C19H22Cl2N2O4S. The van der Waals surface area contributed by atoms with Gasteiger partial charge in [0.1, 0.15) is 10.9 Å². The van der Waals surface area contributed by atoms with E-state index in [1.54, 1.807) is 7.11 Å². The molecule has 0 radical (unpaired) electrons. The summed E-state index contributed by atoms with van der Waals surface area (Å²) in [5.41, 5.74) is 0.819. The zero-order chi connectivity index (χ0) is 20.6. The van der Waals surface area contributed by atoms with Gasteiger partial charge in [0.25, 0.3) is 0 Å². The van der Waals surface area contributed by atoms with Crippen molar-refractivity contribution in [2.75, 3.05) is 20.3 Å². The van der Waals surface area contributed by atoms with E-state index in [9.17, 15) is 13.2 Å². The van der Waals surface area contributed by atoms with Gasteiger partial charge in [-0.15, -0.1) is 0 Å². The fourth-order valence-corrected chi connectivity index (χ4v) is 4.48. The molecule has 0 saturated heterocycles. The molecule has 0 bridgehead atoms. The molecule has 2 aromatic carbocycles. The van der Waals surface area contributed by atoms with Crippen molar-refractivity contribution >= 4 is 39.1 Å². The summed E-state index contributed by atoms with van der Waals surface area (Å²) in [6.45, 7) is 0.866. The van der Waals surface area contributed by atoms with Crippen LogP contribution in [0.5, 0.6) is 0 Å². The number of ether oxygens (including phenoxy) is 1. The Balaban J connectivity index is 2.22. The molecule has 0 fully saturated rings. The summed E-state index contributed by atoms with van der Waals surface area (Å²) in [7, 11) is -2.49. The van der Waals surface area contributed by atoms with Gasteiger partial charge in [0.15, 0.2) is 0 Å². The lowest BCUT2D eigenvalue weighted by Crippen LogP contribution is -2.48. The molecule has 1 amide bonds. The second-order valence-electron chi connectivity index (χ2n) is 6.08. The van der Waals surface area contributed by atoms with E-state index in [0.29, 0.717) is 19.6 Å². The van der Waals surface area contributed by atoms with Crippen molar-refractivity contribution in [3.63, 3.8) is 0 Å². The molecular weight excluding hydrogens is 423 g/mol. The highest BCUT2D eigenvalue weighted by molar-refractivity contribution is 7.89. The summed E-state index contributed by atoms with van der Waals surface area (Å²) >= 11 is 11.9. The molecule has 0 aromatic heterocycles. The predicted molar refractivity (Wildman–Crippen MR) is 110 cm³/mol. The number of halogens is 2. The molecule has 0 aliphatic heterocycles. The van der Waals surface area contributed by atoms with E-state index in [1.165, 1.54) is 18.2 Å². The first kappa shape index (κ1) is 22.6. The topological polar surface area (TPSA) is 84.5 Å². The third kappa shape index (κ3) is 6.76. The monoisotopic (exact) mass is 444 g/mol. The maximum absolute atomic E-state index is 12.8. The molecule has 0 aliphatic rings. The molecule has 2 rings (SSSR count). The molecule has 0 spiro atoms. The maximum atomic E-state index is 12.8. The number of carbonyl (C=O) groups excluding carboxylic acids is 1. The van der Waals surface area contributed by atoms with Crippen LogP contribution in [-0.2, 0) is 26.0 Å². The second kappa shape index (κ2) is 10.8. The van der Waals surface area contributed by atoms with Gasteiger partial charge in [-0.2, -0.15) is 4.72 Å². The van der Waals surface area contributed by atoms with E-state index in [1.807, 2.05) is 30.3 Å². The smallest absolute Gasteiger partial charge is 0.242 e. The van der Waals surface area contributed by atoms with Crippen LogP contribution in [0.25, 0.3) is 0 Å². The fraction of sp³-hybridized carbons (Fsp3) is 0.316. The maximum Gasteiger partial charge on any atom is 0.242 e. The minimum absolute atomic E-state index is 0.0239. The third-order valence-electron chi connectivity index (χ3n) is 3.90. The van der Waals surface area contributed by atoms with Crippen molar-refractivity contribution in [3.8, 4) is 0 Å². The van der Waals surface area contributed by atoms with Gasteiger partial charge in [-0.1, -0.05) is 53.5 Å². The van der Waals surface area contributed by atoms with Crippen LogP contribution in [0, 0.1) is 0 Å². The van der Waals surface area contributed by atoms with Crippen LogP contribution in [0.4, 0.5) is 0 Å². The van der Waals surface area contributed by atoms with Crippen LogP contribution in [0.3, 0.4) is 0 Å². The lowest BCUT2D eigenvalue weighted by molar-refractivity contribution is -0.122. The molecule has 9 heteroatoms. The van der Waals surface area contributed by atoms with E-state index < -0.39 is 22.0 Å². The Morgan fingerprint density at radius 3 is 2.54 bits per heavy atom. The Morgan fingerprint density at radius 1 is 1.14 bits per heavy atom. The second-order valence-corrected chi connectivity index (χ2v) is 8.60. The normalized spacial score (nSPS) is 12.5. The van der Waals surface area contributed by atoms with Crippen molar-refractivity contribution in [1.82, 2.24) is 10.0 Å². The Morgan fingerprint density at radius 2 is 1.86 bits per heavy atom. The largest absolute Gasteiger partial charge is 0.385 e. The number of hydrogen-bond donors (Lipinski definition) is 2. The number of hydrogen-bond acceptors (Lipinski definition) is 4. The minimum atomic E-state index is -4.06. The summed E-state index contributed by atoms with van der Waals surface area (Å²) < 4.78 is 33.1. The first-order valence-corrected chi connectivity index (χ1v) is 10.9. The molecule has 1 atom stereocenters. The molecule has 0 heterocycles. The van der Waals surface area contributed by atoms with Crippen LogP contribution in [0.1, 0.15) is 12.0 Å². The Bertz CT molecular complexity index is 892. The Labute approximate surface area is 175 Å². The highest BCUT2D eigenvalue weighted by Gasteiger charge is 2.27. The van der Waals surface area contributed by atoms with Crippen molar-refractivity contribution < 1.29 is 17.9 Å². The molecule has 28 heavy (non-hydrogen) atoms. The zero-order valence-electron chi connectivity index (χ0n) is 15.3. The predicted octanol–water partition coefficient (Wildman–Crippen LogP) is 3.04. The average Bonchev–Trinajstić information content (AvgIpc) is 2.67. The van der Waals surface area contributed by atoms with Gasteiger partial charge in [-0.05, 0) is 36.6 Å². The molecule has 2 aromatic rings. The van der Waals surface area contributed by atoms with Gasteiger partial charge < -0.3 is 10.1 Å².